The quantitative estimate of drug-likeness (QED) is 0.0184. The minimum atomic E-state index is -4.89. The van der Waals surface area contributed by atoms with Crippen molar-refractivity contribution in [1.29, 1.82) is 0 Å². The zero-order chi connectivity index (χ0) is 97.3. The third kappa shape index (κ3) is 88.3. The molecule has 126 heavy (non-hydrogen) atoms. The van der Waals surface area contributed by atoms with Gasteiger partial charge in [-0.05, 0) is 165 Å². The van der Waals surface area contributed by atoms with Gasteiger partial charge in [-0.2, -0.15) is 0 Å². The number of benzene rings is 3. The number of rotatable bonds is 56. The van der Waals surface area contributed by atoms with Crippen molar-refractivity contribution in [2.24, 2.45) is 0 Å². The van der Waals surface area contributed by atoms with Crippen LogP contribution in [0.15, 0.2) is 72.8 Å². The van der Waals surface area contributed by atoms with E-state index in [0.29, 0.717) is 47.2 Å². The van der Waals surface area contributed by atoms with E-state index in [2.05, 4.69) is 153 Å². The van der Waals surface area contributed by atoms with E-state index in [9.17, 15) is 19.2 Å². The number of hydrogen-bond donors (Lipinski definition) is 16. The number of phosphoric acid groups is 4. The van der Waals surface area contributed by atoms with E-state index in [4.69, 9.17) is 77.0 Å². The van der Waals surface area contributed by atoms with Gasteiger partial charge in [-0.25, -0.2) is 19.2 Å². The lowest BCUT2D eigenvalue weighted by Gasteiger charge is -2.39. The Balaban J connectivity index is -0.000000352. The molecule has 0 saturated carbocycles. The van der Waals surface area contributed by atoms with Crippen molar-refractivity contribution in [3.05, 3.63) is 72.8 Å². The van der Waals surface area contributed by atoms with Gasteiger partial charge in [-0.15, -0.1) is 0 Å². The van der Waals surface area contributed by atoms with Crippen LogP contribution in [0.5, 0.6) is 0 Å². The molecule has 0 aliphatic heterocycles. The van der Waals surface area contributed by atoms with E-state index in [1.807, 2.05) is 0 Å². The van der Waals surface area contributed by atoms with Crippen molar-refractivity contribution < 1.29 is 114 Å². The number of unbranched alkanes of at least 4 members (excludes halogenated alkanes) is 16. The first-order chi connectivity index (χ1) is 59.3. The molecular formula is C90H182N12O20P4. The van der Waals surface area contributed by atoms with Gasteiger partial charge in [-0.1, -0.05) is 238 Å². The van der Waals surface area contributed by atoms with Crippen LogP contribution in [0, 0.1) is 0 Å². The van der Waals surface area contributed by atoms with Gasteiger partial charge in [0, 0.05) is 24.5 Å². The number of carbonyl (C=O) groups excluding carboxylic acids is 4. The molecule has 36 heteroatoms. The molecule has 3 aromatic rings. The lowest BCUT2D eigenvalue weighted by atomic mass is 10.1. The number of nitrogens with zero attached hydrogens (tertiary/aromatic N) is 4. The van der Waals surface area contributed by atoms with E-state index in [-0.39, 0.29) is 12.1 Å². The molecule has 3 rings (SSSR count). The van der Waals surface area contributed by atoms with Crippen molar-refractivity contribution in [2.75, 3.05) is 150 Å². The van der Waals surface area contributed by atoms with Crippen LogP contribution in [0.2, 0.25) is 0 Å². The molecular weight excluding hydrogens is 1690 g/mol. The molecule has 0 heterocycles. The number of quaternary nitrogens is 4. The fraction of sp³-hybridized carbons (Fsp3) is 0.756. The van der Waals surface area contributed by atoms with Gasteiger partial charge in [0.1, 0.15) is 0 Å². The lowest BCUT2D eigenvalue weighted by molar-refractivity contribution is -0.929. The third-order valence-electron chi connectivity index (χ3n) is 20.7. The van der Waals surface area contributed by atoms with Crippen LogP contribution < -0.4 is 62.1 Å². The summed E-state index contributed by atoms with van der Waals surface area (Å²) in [7, 11) is -19.6. The molecule has 742 valence electrons. The number of nitrogens with one attached hydrogen (secondary N) is 8. The highest BCUT2D eigenvalue weighted by molar-refractivity contribution is 7.44. The number of para-hydroxylation sites is 4. The number of hydrogen-bond acceptors (Lipinski definition) is 12. The minimum Gasteiger partial charge on any atom is -0.756 e. The van der Waals surface area contributed by atoms with Crippen LogP contribution in [0.3, 0.4) is 0 Å². The second-order valence-electron chi connectivity index (χ2n) is 32.4. The molecule has 0 atom stereocenters. The van der Waals surface area contributed by atoms with E-state index in [1.54, 1.807) is 86.6 Å². The summed E-state index contributed by atoms with van der Waals surface area (Å²) >= 11 is 0. The third-order valence-corrected chi connectivity index (χ3v) is 20.7. The Morgan fingerprint density at radius 3 is 0.460 bits per heavy atom. The summed E-state index contributed by atoms with van der Waals surface area (Å²) in [5.74, 6) is 0. The maximum atomic E-state index is 12.5. The Bertz CT molecular complexity index is 2780. The molecule has 16 N–H and O–H groups in total. The summed E-state index contributed by atoms with van der Waals surface area (Å²) in [6.45, 7) is 64.6. The van der Waals surface area contributed by atoms with Crippen LogP contribution in [-0.4, -0.2) is 199 Å². The molecule has 0 aliphatic rings. The zero-order valence-corrected chi connectivity index (χ0v) is 84.9. The molecule has 0 unspecified atom stereocenters. The van der Waals surface area contributed by atoms with Gasteiger partial charge < -0.3 is 119 Å². The van der Waals surface area contributed by atoms with Crippen molar-refractivity contribution in [1.82, 2.24) is 10.6 Å². The first kappa shape index (κ1) is 132. The number of anilines is 6. The van der Waals surface area contributed by atoms with Crippen molar-refractivity contribution in [3.8, 4) is 0 Å². The fourth-order valence-electron chi connectivity index (χ4n) is 13.8. The monoisotopic (exact) mass is 1880 g/mol. The summed E-state index contributed by atoms with van der Waals surface area (Å²) in [5.41, 5.74) is 2.71. The van der Waals surface area contributed by atoms with Crippen LogP contribution in [0.1, 0.15) is 330 Å². The Morgan fingerprint density at radius 2 is 0.349 bits per heavy atom. The molecule has 0 radical (unpaired) electrons. The second kappa shape index (κ2) is 83.1. The first-order valence-corrected chi connectivity index (χ1v) is 53.5. The second-order valence-corrected chi connectivity index (χ2v) is 36.3. The molecule has 3 aromatic carbocycles. The van der Waals surface area contributed by atoms with Gasteiger partial charge in [0.15, 0.2) is 0 Å². The summed E-state index contributed by atoms with van der Waals surface area (Å²) < 4.78 is 40.8. The molecule has 0 aliphatic carbocycles. The van der Waals surface area contributed by atoms with Gasteiger partial charge >= 0.3 is 24.1 Å². The maximum Gasteiger partial charge on any atom is 0.323 e. The predicted molar refractivity (Wildman–Crippen MR) is 516 cm³/mol. The molecule has 0 aromatic heterocycles. The minimum absolute atomic E-state index is 0.379. The Labute approximate surface area is 763 Å². The molecule has 0 fully saturated rings. The van der Waals surface area contributed by atoms with E-state index < -0.39 is 43.4 Å². The van der Waals surface area contributed by atoms with Crippen LogP contribution in [0.25, 0.3) is 0 Å². The van der Waals surface area contributed by atoms with Gasteiger partial charge in [0.25, 0.3) is 31.3 Å². The lowest BCUT2D eigenvalue weighted by Crippen LogP contribution is -2.50. The molecule has 8 amide bonds. The van der Waals surface area contributed by atoms with Crippen LogP contribution >= 0.6 is 31.3 Å². The van der Waals surface area contributed by atoms with E-state index >= 15 is 0 Å². The number of urea groups is 4. The highest BCUT2D eigenvalue weighted by Crippen LogP contribution is 2.27. The average Bonchev–Trinajstić information content (AvgIpc) is 0.857. The average molecular weight is 1880 g/mol. The van der Waals surface area contributed by atoms with E-state index in [0.717, 1.165) is 0 Å². The van der Waals surface area contributed by atoms with E-state index in [1.165, 1.54) is 328 Å². The van der Waals surface area contributed by atoms with Gasteiger partial charge in [0.2, 0.25) is 0 Å². The predicted octanol–water partition coefficient (Wildman–Crippen LogP) is 19.0. The Morgan fingerprint density at radius 1 is 0.230 bits per heavy atom. The van der Waals surface area contributed by atoms with Crippen molar-refractivity contribution in [3.63, 3.8) is 0 Å². The van der Waals surface area contributed by atoms with Gasteiger partial charge in [0.05, 0.1) is 127 Å². The Kier molecular flexibility index (Phi) is 86.9. The standard InChI is InChI=1S/C26H30N8O4.4C16H36N.4H3O4P/c1-3-27-23(35)31-19-9-5-7-11-21(19)33-25(37)29-17-13-15-18(16-14-17)30-26(38)34-22-12-8-6-10-20(22)32-24(36)28-4-2;4*1-5-9-13-17(14-10-6-2,15-11-7-3)16-12-8-4;4*1-5(2,3)4/h5-16H,3-4H2,1-2H3,(H2,27,31,35)(H2,28,32,36)(H2,29,33,37)(H2,30,34,38);4*5-16H2,1-4H3;4*(H3,1,2,3,4)/q;4*+1;;;;/p-4. The normalized spacial score (nSPS) is 11.3. The smallest absolute Gasteiger partial charge is 0.323 e. The molecule has 0 spiro atoms. The van der Waals surface area contributed by atoms with Crippen molar-refractivity contribution in [2.45, 2.75) is 330 Å². The maximum absolute atomic E-state index is 12.5. The van der Waals surface area contributed by atoms with Crippen LogP contribution in [0.4, 0.5) is 53.3 Å². The SMILES string of the molecule is CCCC[N+](CCCC)(CCCC)CCCC.CCCC[N+](CCCC)(CCCC)CCCC.CCCC[N+](CCCC)(CCCC)CCCC.CCCC[N+](CCCC)(CCCC)CCCC.CCNC(=O)Nc1ccccc1NC(=O)Nc1ccc(NC(=O)Nc2ccccc2NC(=O)NCC)cc1.O=P([O-])(O)O.O=P([O-])(O)O.O=P([O-])(O)O.O=P([O-])(O)O. The number of amides is 8. The first-order valence-electron chi connectivity index (χ1n) is 47.3. The molecule has 0 saturated heterocycles. The summed E-state index contributed by atoms with van der Waals surface area (Å²) in [4.78, 5) is 140. The number of carbonyl (C=O) groups is 4. The largest absolute Gasteiger partial charge is 0.756 e. The summed E-state index contributed by atoms with van der Waals surface area (Å²) in [6, 6.07) is 18.3. The summed E-state index contributed by atoms with van der Waals surface area (Å²) in [5, 5.41) is 21.4. The topological polar surface area (TPSA) is 487 Å². The van der Waals surface area contributed by atoms with Crippen molar-refractivity contribution >= 4 is 89.5 Å². The fourth-order valence-corrected chi connectivity index (χ4v) is 13.8. The van der Waals surface area contributed by atoms with Gasteiger partial charge in [-0.3, -0.25) is 18.3 Å². The Hall–Kier alpha value is -4.98. The highest BCUT2D eigenvalue weighted by atomic mass is 31.2. The summed E-state index contributed by atoms with van der Waals surface area (Å²) in [6.07, 6.45) is 44.2. The van der Waals surface area contributed by atoms with Crippen LogP contribution in [-0.2, 0) is 18.3 Å². The molecule has 0 bridgehead atoms. The molecule has 32 nitrogen and oxygen atoms in total. The zero-order valence-electron chi connectivity index (χ0n) is 81.3. The highest BCUT2D eigenvalue weighted by Gasteiger charge is 2.29.